The minimum atomic E-state index is -0.0354. The summed E-state index contributed by atoms with van der Waals surface area (Å²) in [4.78, 5) is 16.2. The number of fused-ring (bicyclic) bond motifs is 1. The summed E-state index contributed by atoms with van der Waals surface area (Å²) in [7, 11) is 1.88. The average Bonchev–Trinajstić information content (AvgIpc) is 2.91. The summed E-state index contributed by atoms with van der Waals surface area (Å²) < 4.78 is 7.38. The van der Waals surface area contributed by atoms with Crippen LogP contribution in [0.25, 0.3) is 10.9 Å². The van der Waals surface area contributed by atoms with Crippen LogP contribution in [0.2, 0.25) is 0 Å². The fourth-order valence-corrected chi connectivity index (χ4v) is 2.04. The number of Topliss-reactive ketones (excluding diaryl/α,β-unsaturated/α-hetero) is 1. The van der Waals surface area contributed by atoms with E-state index in [-0.39, 0.29) is 12.4 Å². The van der Waals surface area contributed by atoms with E-state index in [1.165, 1.54) is 0 Å². The van der Waals surface area contributed by atoms with Crippen LogP contribution in [-0.2, 0) is 7.05 Å². The summed E-state index contributed by atoms with van der Waals surface area (Å²) in [5.74, 6) is 0.618. The van der Waals surface area contributed by atoms with Crippen LogP contribution in [-0.4, -0.2) is 21.9 Å². The Morgan fingerprint density at radius 3 is 3.00 bits per heavy atom. The molecule has 0 spiro atoms. The van der Waals surface area contributed by atoms with E-state index in [0.29, 0.717) is 11.3 Å². The summed E-state index contributed by atoms with van der Waals surface area (Å²) in [6, 6.07) is 11.3. The monoisotopic (exact) mass is 266 g/mol. The molecule has 0 bridgehead atoms. The number of carbonyl (C=O) groups excluding carboxylic acids is 1. The van der Waals surface area contributed by atoms with E-state index in [0.717, 1.165) is 10.9 Å². The van der Waals surface area contributed by atoms with Crippen molar-refractivity contribution in [2.24, 2.45) is 7.05 Å². The van der Waals surface area contributed by atoms with E-state index >= 15 is 0 Å². The van der Waals surface area contributed by atoms with Gasteiger partial charge in [0.05, 0.1) is 5.52 Å². The summed E-state index contributed by atoms with van der Waals surface area (Å²) in [5.41, 5.74) is 1.52. The van der Waals surface area contributed by atoms with Gasteiger partial charge in [-0.3, -0.25) is 9.78 Å². The largest absolute Gasteiger partial charge is 0.485 e. The molecule has 0 amide bonds. The van der Waals surface area contributed by atoms with Crippen LogP contribution < -0.4 is 4.74 Å². The highest BCUT2D eigenvalue weighted by molar-refractivity contribution is 5.97. The third-order valence-electron chi connectivity index (χ3n) is 3.10. The third kappa shape index (κ3) is 2.54. The topological polar surface area (TPSA) is 44.1 Å². The van der Waals surface area contributed by atoms with E-state index in [1.54, 1.807) is 18.5 Å². The number of hydrogen-bond donors (Lipinski definition) is 0. The number of rotatable bonds is 4. The van der Waals surface area contributed by atoms with Gasteiger partial charge < -0.3 is 9.30 Å². The molecule has 0 saturated heterocycles. The first kappa shape index (κ1) is 12.4. The van der Waals surface area contributed by atoms with Crippen molar-refractivity contribution in [3.8, 4) is 5.75 Å². The van der Waals surface area contributed by atoms with E-state index in [9.17, 15) is 4.79 Å². The second-order valence-electron chi connectivity index (χ2n) is 4.64. The van der Waals surface area contributed by atoms with Crippen LogP contribution in [0.3, 0.4) is 0 Å². The molecule has 2 heterocycles. The number of ketones is 1. The number of ether oxygens (including phenoxy) is 1. The maximum absolute atomic E-state index is 11.9. The van der Waals surface area contributed by atoms with Gasteiger partial charge in [-0.05, 0) is 24.3 Å². The van der Waals surface area contributed by atoms with Gasteiger partial charge in [0, 0.05) is 42.7 Å². The lowest BCUT2D eigenvalue weighted by Gasteiger charge is -2.05. The lowest BCUT2D eigenvalue weighted by molar-refractivity contribution is 0.0921. The van der Waals surface area contributed by atoms with Crippen molar-refractivity contribution in [3.05, 3.63) is 60.6 Å². The Hall–Kier alpha value is -2.62. The normalized spacial score (nSPS) is 10.7. The van der Waals surface area contributed by atoms with Crippen molar-refractivity contribution < 1.29 is 9.53 Å². The molecular formula is C16H14N2O2. The molecule has 100 valence electrons. The highest BCUT2D eigenvalue weighted by Gasteiger charge is 2.08. The first-order chi connectivity index (χ1) is 9.72. The highest BCUT2D eigenvalue weighted by atomic mass is 16.5. The number of pyridine rings is 1. The minimum Gasteiger partial charge on any atom is -0.485 e. The van der Waals surface area contributed by atoms with Crippen LogP contribution in [0.15, 0.2) is 55.0 Å². The predicted octanol–water partition coefficient (Wildman–Crippen LogP) is 2.84. The SMILES string of the molecule is Cn1ccc(C(=O)COc2ccc3cccnc3c2)c1. The Balaban J connectivity index is 1.72. The fraction of sp³-hybridized carbons (Fsp3) is 0.125. The van der Waals surface area contributed by atoms with Crippen molar-refractivity contribution in [1.82, 2.24) is 9.55 Å². The maximum atomic E-state index is 11.9. The van der Waals surface area contributed by atoms with Crippen molar-refractivity contribution in [2.45, 2.75) is 0 Å². The molecule has 4 heteroatoms. The van der Waals surface area contributed by atoms with Crippen LogP contribution in [0.5, 0.6) is 5.75 Å². The number of nitrogens with zero attached hydrogens (tertiary/aromatic N) is 2. The summed E-state index contributed by atoms with van der Waals surface area (Å²) in [6.07, 6.45) is 5.36. The van der Waals surface area contributed by atoms with Gasteiger partial charge in [-0.25, -0.2) is 0 Å². The molecule has 20 heavy (non-hydrogen) atoms. The molecule has 0 aliphatic heterocycles. The van der Waals surface area contributed by atoms with E-state index in [4.69, 9.17) is 4.74 Å². The van der Waals surface area contributed by atoms with Crippen molar-refractivity contribution in [2.75, 3.05) is 6.61 Å². The predicted molar refractivity (Wildman–Crippen MR) is 77.0 cm³/mol. The Morgan fingerprint density at radius 1 is 1.30 bits per heavy atom. The van der Waals surface area contributed by atoms with E-state index in [2.05, 4.69) is 4.98 Å². The molecule has 3 rings (SSSR count). The average molecular weight is 266 g/mol. The van der Waals surface area contributed by atoms with Gasteiger partial charge in [0.1, 0.15) is 5.75 Å². The van der Waals surface area contributed by atoms with Crippen LogP contribution in [0.4, 0.5) is 0 Å². The Bertz CT molecular complexity index is 762. The van der Waals surface area contributed by atoms with Gasteiger partial charge in [-0.15, -0.1) is 0 Å². The first-order valence-corrected chi connectivity index (χ1v) is 6.35. The standard InChI is InChI=1S/C16H14N2O2/c1-18-8-6-13(10-18)16(19)11-20-14-5-4-12-3-2-7-17-15(12)9-14/h2-10H,11H2,1H3. The molecule has 3 aromatic rings. The summed E-state index contributed by atoms with van der Waals surface area (Å²) >= 11 is 0. The van der Waals surface area contributed by atoms with Gasteiger partial charge in [-0.1, -0.05) is 6.07 Å². The molecule has 0 aliphatic carbocycles. The van der Waals surface area contributed by atoms with E-state index < -0.39 is 0 Å². The zero-order valence-electron chi connectivity index (χ0n) is 11.1. The number of benzene rings is 1. The minimum absolute atomic E-state index is 0.0301. The van der Waals surface area contributed by atoms with Crippen LogP contribution >= 0.6 is 0 Å². The maximum Gasteiger partial charge on any atom is 0.201 e. The van der Waals surface area contributed by atoms with Gasteiger partial charge in [-0.2, -0.15) is 0 Å². The lowest BCUT2D eigenvalue weighted by Crippen LogP contribution is -2.10. The smallest absolute Gasteiger partial charge is 0.201 e. The number of hydrogen-bond acceptors (Lipinski definition) is 3. The molecule has 4 nitrogen and oxygen atoms in total. The molecular weight excluding hydrogens is 252 g/mol. The molecule has 0 N–H and O–H groups in total. The van der Waals surface area contributed by atoms with Crippen LogP contribution in [0, 0.1) is 0 Å². The van der Waals surface area contributed by atoms with Crippen molar-refractivity contribution in [1.29, 1.82) is 0 Å². The van der Waals surface area contributed by atoms with Gasteiger partial charge >= 0.3 is 0 Å². The Kier molecular flexibility index (Phi) is 3.21. The first-order valence-electron chi connectivity index (χ1n) is 6.35. The zero-order chi connectivity index (χ0) is 13.9. The summed E-state index contributed by atoms with van der Waals surface area (Å²) in [6.45, 7) is 0.0301. The number of carbonyl (C=O) groups is 1. The van der Waals surface area contributed by atoms with Gasteiger partial charge in [0.2, 0.25) is 5.78 Å². The molecule has 0 radical (unpaired) electrons. The van der Waals surface area contributed by atoms with Crippen LogP contribution in [0.1, 0.15) is 10.4 Å². The molecule has 2 aromatic heterocycles. The van der Waals surface area contributed by atoms with Gasteiger partial charge in [0.15, 0.2) is 6.61 Å². The third-order valence-corrected chi connectivity index (χ3v) is 3.10. The molecule has 0 saturated carbocycles. The Labute approximate surface area is 116 Å². The molecule has 0 unspecified atom stereocenters. The fourth-order valence-electron chi connectivity index (χ4n) is 2.04. The Morgan fingerprint density at radius 2 is 2.20 bits per heavy atom. The molecule has 1 aromatic carbocycles. The quantitative estimate of drug-likeness (QED) is 0.682. The van der Waals surface area contributed by atoms with Gasteiger partial charge in [0.25, 0.3) is 0 Å². The number of aryl methyl sites for hydroxylation is 1. The molecule has 0 fully saturated rings. The zero-order valence-corrected chi connectivity index (χ0v) is 11.1. The second-order valence-corrected chi connectivity index (χ2v) is 4.64. The lowest BCUT2D eigenvalue weighted by atomic mass is 10.2. The van der Waals surface area contributed by atoms with Crippen molar-refractivity contribution >= 4 is 16.7 Å². The summed E-state index contributed by atoms with van der Waals surface area (Å²) in [5, 5.41) is 1.05. The van der Waals surface area contributed by atoms with Crippen molar-refractivity contribution in [3.63, 3.8) is 0 Å². The highest BCUT2D eigenvalue weighted by Crippen LogP contribution is 2.18. The second kappa shape index (κ2) is 5.17. The van der Waals surface area contributed by atoms with E-state index in [1.807, 2.05) is 48.1 Å². The molecule has 0 aliphatic rings. The molecule has 0 atom stereocenters. The number of aromatic nitrogens is 2.